The molecule has 0 fully saturated rings. The van der Waals surface area contributed by atoms with Gasteiger partial charge in [-0.1, -0.05) is 29.8 Å². The molecule has 1 aliphatic heterocycles. The van der Waals surface area contributed by atoms with Gasteiger partial charge in [-0.15, -0.1) is 11.6 Å². The SMILES string of the molecule is ClCc1cc(Cl)ccc1OCC1COc2ccccc21. The Morgan fingerprint density at radius 3 is 2.90 bits per heavy atom. The molecule has 0 radical (unpaired) electrons. The third-order valence-electron chi connectivity index (χ3n) is 3.41. The second-order valence-electron chi connectivity index (χ2n) is 4.74. The highest BCUT2D eigenvalue weighted by Gasteiger charge is 2.24. The highest BCUT2D eigenvalue weighted by molar-refractivity contribution is 6.30. The molecule has 1 atom stereocenters. The maximum absolute atomic E-state index is 5.96. The van der Waals surface area contributed by atoms with Crippen LogP contribution in [-0.2, 0) is 5.88 Å². The van der Waals surface area contributed by atoms with Gasteiger partial charge in [0.15, 0.2) is 0 Å². The molecule has 0 aromatic heterocycles. The highest BCUT2D eigenvalue weighted by atomic mass is 35.5. The lowest BCUT2D eigenvalue weighted by Crippen LogP contribution is -2.12. The van der Waals surface area contributed by atoms with Crippen molar-refractivity contribution in [3.63, 3.8) is 0 Å². The molecule has 2 aromatic carbocycles. The summed E-state index contributed by atoms with van der Waals surface area (Å²) in [6.07, 6.45) is 0. The van der Waals surface area contributed by atoms with E-state index in [1.165, 1.54) is 5.56 Å². The number of ether oxygens (including phenoxy) is 2. The van der Waals surface area contributed by atoms with Crippen LogP contribution >= 0.6 is 23.2 Å². The van der Waals surface area contributed by atoms with Gasteiger partial charge >= 0.3 is 0 Å². The summed E-state index contributed by atoms with van der Waals surface area (Å²) < 4.78 is 11.5. The van der Waals surface area contributed by atoms with Gasteiger partial charge in [0, 0.05) is 16.1 Å². The van der Waals surface area contributed by atoms with E-state index in [4.69, 9.17) is 32.7 Å². The molecule has 0 spiro atoms. The van der Waals surface area contributed by atoms with Crippen LogP contribution in [0.25, 0.3) is 0 Å². The van der Waals surface area contributed by atoms with Crippen LogP contribution in [0.4, 0.5) is 0 Å². The van der Waals surface area contributed by atoms with Gasteiger partial charge in [0.1, 0.15) is 11.5 Å². The molecule has 0 saturated heterocycles. The number of rotatable bonds is 4. The molecule has 2 nitrogen and oxygen atoms in total. The summed E-state index contributed by atoms with van der Waals surface area (Å²) in [6.45, 7) is 1.23. The van der Waals surface area contributed by atoms with E-state index in [0.717, 1.165) is 17.1 Å². The summed E-state index contributed by atoms with van der Waals surface area (Å²) in [4.78, 5) is 0. The van der Waals surface area contributed by atoms with Crippen molar-refractivity contribution in [2.45, 2.75) is 11.8 Å². The van der Waals surface area contributed by atoms with Crippen molar-refractivity contribution >= 4 is 23.2 Å². The summed E-state index contributed by atoms with van der Waals surface area (Å²) >= 11 is 11.9. The van der Waals surface area contributed by atoms with Gasteiger partial charge in [-0.2, -0.15) is 0 Å². The van der Waals surface area contributed by atoms with Crippen molar-refractivity contribution in [3.8, 4) is 11.5 Å². The molecule has 104 valence electrons. The van der Waals surface area contributed by atoms with Crippen LogP contribution < -0.4 is 9.47 Å². The summed E-state index contributed by atoms with van der Waals surface area (Å²) in [6, 6.07) is 13.6. The minimum atomic E-state index is 0.255. The normalized spacial score (nSPS) is 16.6. The highest BCUT2D eigenvalue weighted by Crippen LogP contribution is 2.34. The van der Waals surface area contributed by atoms with Gasteiger partial charge in [-0.25, -0.2) is 0 Å². The van der Waals surface area contributed by atoms with E-state index in [2.05, 4.69) is 6.07 Å². The fraction of sp³-hybridized carbons (Fsp3) is 0.250. The number of hydrogen-bond donors (Lipinski definition) is 0. The van der Waals surface area contributed by atoms with Crippen molar-refractivity contribution in [2.24, 2.45) is 0 Å². The van der Waals surface area contributed by atoms with Crippen molar-refractivity contribution in [1.29, 1.82) is 0 Å². The molecular weight excluding hydrogens is 295 g/mol. The zero-order valence-electron chi connectivity index (χ0n) is 10.8. The van der Waals surface area contributed by atoms with Gasteiger partial charge in [-0.05, 0) is 24.3 Å². The molecule has 1 unspecified atom stereocenters. The lowest BCUT2D eigenvalue weighted by Gasteiger charge is -2.14. The second kappa shape index (κ2) is 5.94. The zero-order valence-corrected chi connectivity index (χ0v) is 12.3. The Labute approximate surface area is 128 Å². The molecule has 20 heavy (non-hydrogen) atoms. The predicted molar refractivity (Wildman–Crippen MR) is 81.2 cm³/mol. The van der Waals surface area contributed by atoms with Crippen LogP contribution in [0.3, 0.4) is 0 Å². The molecule has 0 amide bonds. The molecule has 0 aliphatic carbocycles. The van der Waals surface area contributed by atoms with Crippen LogP contribution in [0.2, 0.25) is 5.02 Å². The molecule has 4 heteroatoms. The Hall–Kier alpha value is -1.38. The Kier molecular flexibility index (Phi) is 4.04. The number of halogens is 2. The largest absolute Gasteiger partial charge is 0.493 e. The van der Waals surface area contributed by atoms with E-state index in [-0.39, 0.29) is 5.92 Å². The maximum atomic E-state index is 5.96. The van der Waals surface area contributed by atoms with Gasteiger partial charge in [0.25, 0.3) is 0 Å². The molecule has 1 heterocycles. The summed E-state index contributed by atoms with van der Waals surface area (Å²) in [5.41, 5.74) is 2.11. The number of fused-ring (bicyclic) bond motifs is 1. The predicted octanol–water partition coefficient (Wildman–Crippen LogP) is 4.63. The second-order valence-corrected chi connectivity index (χ2v) is 5.45. The van der Waals surface area contributed by atoms with Crippen molar-refractivity contribution in [2.75, 3.05) is 13.2 Å². The minimum Gasteiger partial charge on any atom is -0.493 e. The van der Waals surface area contributed by atoms with Crippen LogP contribution in [0.5, 0.6) is 11.5 Å². The number of hydrogen-bond acceptors (Lipinski definition) is 2. The topological polar surface area (TPSA) is 18.5 Å². The molecule has 0 saturated carbocycles. The van der Waals surface area contributed by atoms with E-state index in [9.17, 15) is 0 Å². The summed E-state index contributed by atoms with van der Waals surface area (Å²) in [5, 5.41) is 0.669. The van der Waals surface area contributed by atoms with Crippen molar-refractivity contribution in [1.82, 2.24) is 0 Å². The molecule has 0 N–H and O–H groups in total. The number of benzene rings is 2. The standard InChI is InChI=1S/C16H14Cl2O2/c17-8-11-7-13(18)5-6-15(11)19-9-12-10-20-16-4-2-1-3-14(12)16/h1-7,12H,8-10H2. The zero-order chi connectivity index (χ0) is 13.9. The fourth-order valence-corrected chi connectivity index (χ4v) is 2.75. The van der Waals surface area contributed by atoms with Crippen molar-refractivity contribution in [3.05, 3.63) is 58.6 Å². The van der Waals surface area contributed by atoms with E-state index in [0.29, 0.717) is 24.1 Å². The Bertz CT molecular complexity index is 613. The molecular formula is C16H14Cl2O2. The van der Waals surface area contributed by atoms with Crippen molar-refractivity contribution < 1.29 is 9.47 Å². The first-order chi connectivity index (χ1) is 9.78. The molecule has 3 rings (SSSR count). The van der Waals surface area contributed by atoms with E-state index in [1.807, 2.05) is 36.4 Å². The average molecular weight is 309 g/mol. The molecule has 1 aliphatic rings. The average Bonchev–Trinajstić information content (AvgIpc) is 2.89. The summed E-state index contributed by atoms with van der Waals surface area (Å²) in [7, 11) is 0. The molecule has 0 bridgehead atoms. The van der Waals surface area contributed by atoms with E-state index in [1.54, 1.807) is 0 Å². The van der Waals surface area contributed by atoms with Crippen LogP contribution in [0, 0.1) is 0 Å². The van der Waals surface area contributed by atoms with Crippen LogP contribution in [0.15, 0.2) is 42.5 Å². The smallest absolute Gasteiger partial charge is 0.123 e. The first-order valence-corrected chi connectivity index (χ1v) is 7.38. The first kappa shape index (κ1) is 13.6. The lowest BCUT2D eigenvalue weighted by molar-refractivity contribution is 0.247. The number of alkyl halides is 1. The lowest BCUT2D eigenvalue weighted by atomic mass is 10.0. The van der Waals surface area contributed by atoms with Gasteiger partial charge in [-0.3, -0.25) is 0 Å². The van der Waals surface area contributed by atoms with E-state index < -0.39 is 0 Å². The minimum absolute atomic E-state index is 0.255. The van der Waals surface area contributed by atoms with Gasteiger partial charge in [0.05, 0.1) is 25.0 Å². The first-order valence-electron chi connectivity index (χ1n) is 6.47. The Balaban J connectivity index is 1.72. The van der Waals surface area contributed by atoms with Gasteiger partial charge in [0.2, 0.25) is 0 Å². The van der Waals surface area contributed by atoms with Gasteiger partial charge < -0.3 is 9.47 Å². The van der Waals surface area contributed by atoms with E-state index >= 15 is 0 Å². The quantitative estimate of drug-likeness (QED) is 0.766. The molecule has 2 aromatic rings. The fourth-order valence-electron chi connectivity index (χ4n) is 2.35. The van der Waals surface area contributed by atoms with Crippen LogP contribution in [0.1, 0.15) is 17.0 Å². The summed E-state index contributed by atoms with van der Waals surface area (Å²) in [5.74, 6) is 2.38. The third-order valence-corrected chi connectivity index (χ3v) is 3.93. The maximum Gasteiger partial charge on any atom is 0.123 e. The van der Waals surface area contributed by atoms with Crippen LogP contribution in [-0.4, -0.2) is 13.2 Å². The Morgan fingerprint density at radius 1 is 1.20 bits per heavy atom. The third kappa shape index (κ3) is 2.72. The number of para-hydroxylation sites is 1. The monoisotopic (exact) mass is 308 g/mol. The Morgan fingerprint density at radius 2 is 2.05 bits per heavy atom.